The largest absolute Gasteiger partial charge is 0.343 e. The molecule has 0 saturated heterocycles. The Morgan fingerprint density at radius 2 is 1.88 bits per heavy atom. The minimum atomic E-state index is -0.529. The SMILES string of the molecule is Cc1cc(C(=O)NCC(=O)Nc2cc(Cl)ccc2Cl)ccc1[N+](=O)[O-]. The molecule has 0 aliphatic carbocycles. The number of anilines is 1. The zero-order valence-corrected chi connectivity index (χ0v) is 14.5. The van der Waals surface area contributed by atoms with E-state index in [1.165, 1.54) is 37.3 Å². The first-order valence-corrected chi connectivity index (χ1v) is 7.81. The van der Waals surface area contributed by atoms with Crippen molar-refractivity contribution in [2.24, 2.45) is 0 Å². The second-order valence-electron chi connectivity index (χ2n) is 5.11. The first-order chi connectivity index (χ1) is 11.8. The number of carbonyl (C=O) groups is 2. The molecule has 0 heterocycles. The summed E-state index contributed by atoms with van der Waals surface area (Å²) in [5.74, 6) is -1.01. The molecule has 0 spiro atoms. The van der Waals surface area contributed by atoms with Crippen LogP contribution in [0.25, 0.3) is 0 Å². The Labute approximate surface area is 153 Å². The number of nitrogens with one attached hydrogen (secondary N) is 2. The highest BCUT2D eigenvalue weighted by molar-refractivity contribution is 6.35. The van der Waals surface area contributed by atoms with Gasteiger partial charge in [0.1, 0.15) is 0 Å². The van der Waals surface area contributed by atoms with Crippen LogP contribution in [0.4, 0.5) is 11.4 Å². The Morgan fingerprint density at radius 3 is 2.52 bits per heavy atom. The highest BCUT2D eigenvalue weighted by Gasteiger charge is 2.14. The molecule has 0 radical (unpaired) electrons. The predicted molar refractivity (Wildman–Crippen MR) is 95.3 cm³/mol. The molecule has 0 atom stereocenters. The molecule has 25 heavy (non-hydrogen) atoms. The van der Waals surface area contributed by atoms with Crippen LogP contribution in [0.15, 0.2) is 36.4 Å². The molecular weight excluding hydrogens is 369 g/mol. The third-order valence-corrected chi connectivity index (χ3v) is 3.83. The van der Waals surface area contributed by atoms with Gasteiger partial charge in [-0.05, 0) is 37.3 Å². The van der Waals surface area contributed by atoms with Crippen molar-refractivity contribution in [2.45, 2.75) is 6.92 Å². The van der Waals surface area contributed by atoms with Crippen molar-refractivity contribution in [1.29, 1.82) is 0 Å². The van der Waals surface area contributed by atoms with E-state index in [2.05, 4.69) is 10.6 Å². The molecule has 0 saturated carbocycles. The summed E-state index contributed by atoms with van der Waals surface area (Å²) in [6.07, 6.45) is 0. The van der Waals surface area contributed by atoms with Gasteiger partial charge in [0.15, 0.2) is 0 Å². The third kappa shape index (κ3) is 4.91. The number of nitrogens with zero attached hydrogens (tertiary/aromatic N) is 1. The minimum Gasteiger partial charge on any atom is -0.343 e. The van der Waals surface area contributed by atoms with Gasteiger partial charge in [0.25, 0.3) is 11.6 Å². The lowest BCUT2D eigenvalue weighted by atomic mass is 10.1. The van der Waals surface area contributed by atoms with E-state index in [4.69, 9.17) is 23.2 Å². The average Bonchev–Trinajstić information content (AvgIpc) is 2.55. The van der Waals surface area contributed by atoms with Gasteiger partial charge in [-0.2, -0.15) is 0 Å². The fourth-order valence-corrected chi connectivity index (χ4v) is 2.39. The Balaban J connectivity index is 1.97. The summed E-state index contributed by atoms with van der Waals surface area (Å²) in [4.78, 5) is 34.2. The zero-order chi connectivity index (χ0) is 18.6. The minimum absolute atomic E-state index is 0.0788. The van der Waals surface area contributed by atoms with Crippen molar-refractivity contribution in [3.05, 3.63) is 67.7 Å². The van der Waals surface area contributed by atoms with Gasteiger partial charge < -0.3 is 10.6 Å². The van der Waals surface area contributed by atoms with Crippen LogP contribution in [0.5, 0.6) is 0 Å². The van der Waals surface area contributed by atoms with E-state index in [1.807, 2.05) is 0 Å². The topological polar surface area (TPSA) is 101 Å². The summed E-state index contributed by atoms with van der Waals surface area (Å²) in [7, 11) is 0. The number of rotatable bonds is 5. The summed E-state index contributed by atoms with van der Waals surface area (Å²) < 4.78 is 0. The molecule has 0 fully saturated rings. The maximum atomic E-state index is 12.0. The smallest absolute Gasteiger partial charge is 0.272 e. The Morgan fingerprint density at radius 1 is 1.16 bits per heavy atom. The molecule has 0 aliphatic rings. The van der Waals surface area contributed by atoms with Crippen LogP contribution < -0.4 is 10.6 Å². The molecule has 0 bridgehead atoms. The van der Waals surface area contributed by atoms with Crippen molar-refractivity contribution in [1.82, 2.24) is 5.32 Å². The number of hydrogen-bond acceptors (Lipinski definition) is 4. The van der Waals surface area contributed by atoms with Gasteiger partial charge in [0.05, 0.1) is 22.2 Å². The number of carbonyl (C=O) groups excluding carboxylic acids is 2. The van der Waals surface area contributed by atoms with E-state index in [9.17, 15) is 19.7 Å². The van der Waals surface area contributed by atoms with Crippen molar-refractivity contribution in [2.75, 3.05) is 11.9 Å². The lowest BCUT2D eigenvalue weighted by Gasteiger charge is -2.09. The monoisotopic (exact) mass is 381 g/mol. The molecule has 0 aromatic heterocycles. The number of nitro benzene ring substituents is 1. The van der Waals surface area contributed by atoms with Crippen molar-refractivity contribution in [3.63, 3.8) is 0 Å². The number of nitro groups is 1. The zero-order valence-electron chi connectivity index (χ0n) is 13.0. The van der Waals surface area contributed by atoms with Crippen LogP contribution >= 0.6 is 23.2 Å². The second-order valence-corrected chi connectivity index (χ2v) is 5.96. The van der Waals surface area contributed by atoms with Gasteiger partial charge in [0.2, 0.25) is 5.91 Å². The molecule has 2 N–H and O–H groups in total. The average molecular weight is 382 g/mol. The van der Waals surface area contributed by atoms with Crippen LogP contribution in [0.1, 0.15) is 15.9 Å². The van der Waals surface area contributed by atoms with Gasteiger partial charge in [0, 0.05) is 22.2 Å². The second kappa shape index (κ2) is 7.96. The fourth-order valence-electron chi connectivity index (χ4n) is 2.05. The predicted octanol–water partition coefficient (Wildman–Crippen LogP) is 3.58. The Hall–Kier alpha value is -2.64. The highest BCUT2D eigenvalue weighted by Crippen LogP contribution is 2.25. The van der Waals surface area contributed by atoms with Gasteiger partial charge in [-0.3, -0.25) is 19.7 Å². The molecule has 2 aromatic rings. The lowest BCUT2D eigenvalue weighted by molar-refractivity contribution is -0.385. The summed E-state index contributed by atoms with van der Waals surface area (Å²) in [5.41, 5.74) is 0.828. The maximum Gasteiger partial charge on any atom is 0.272 e. The van der Waals surface area contributed by atoms with E-state index >= 15 is 0 Å². The van der Waals surface area contributed by atoms with E-state index in [1.54, 1.807) is 6.07 Å². The first-order valence-electron chi connectivity index (χ1n) is 7.06. The van der Waals surface area contributed by atoms with Crippen molar-refractivity contribution in [3.8, 4) is 0 Å². The number of aryl methyl sites for hydroxylation is 1. The molecule has 9 heteroatoms. The van der Waals surface area contributed by atoms with Gasteiger partial charge in [-0.1, -0.05) is 23.2 Å². The summed E-state index contributed by atoms with van der Waals surface area (Å²) in [5, 5.41) is 16.5. The number of halogens is 2. The molecule has 0 aliphatic heterocycles. The molecule has 2 aromatic carbocycles. The summed E-state index contributed by atoms with van der Waals surface area (Å²) in [6, 6.07) is 8.57. The lowest BCUT2D eigenvalue weighted by Crippen LogP contribution is -2.32. The molecule has 2 amide bonds. The van der Waals surface area contributed by atoms with E-state index in [0.29, 0.717) is 21.3 Å². The summed E-state index contributed by atoms with van der Waals surface area (Å²) in [6.45, 7) is 1.24. The van der Waals surface area contributed by atoms with Crippen LogP contribution in [-0.4, -0.2) is 23.3 Å². The van der Waals surface area contributed by atoms with E-state index in [-0.39, 0.29) is 17.8 Å². The van der Waals surface area contributed by atoms with Gasteiger partial charge in [-0.25, -0.2) is 0 Å². The number of hydrogen-bond donors (Lipinski definition) is 2. The molecule has 7 nitrogen and oxygen atoms in total. The maximum absolute atomic E-state index is 12.0. The van der Waals surface area contributed by atoms with Crippen molar-refractivity contribution >= 4 is 46.4 Å². The van der Waals surface area contributed by atoms with Crippen LogP contribution in [-0.2, 0) is 4.79 Å². The van der Waals surface area contributed by atoms with Crippen LogP contribution in [0, 0.1) is 17.0 Å². The normalized spacial score (nSPS) is 10.2. The highest BCUT2D eigenvalue weighted by atomic mass is 35.5. The van der Waals surface area contributed by atoms with Gasteiger partial charge >= 0.3 is 0 Å². The molecule has 0 unspecified atom stereocenters. The van der Waals surface area contributed by atoms with Crippen LogP contribution in [0.3, 0.4) is 0 Å². The van der Waals surface area contributed by atoms with E-state index < -0.39 is 16.7 Å². The molecule has 2 rings (SSSR count). The Kier molecular flexibility index (Phi) is 5.95. The quantitative estimate of drug-likeness (QED) is 0.610. The van der Waals surface area contributed by atoms with Crippen molar-refractivity contribution < 1.29 is 14.5 Å². The number of amides is 2. The van der Waals surface area contributed by atoms with E-state index in [0.717, 1.165) is 0 Å². The fraction of sp³-hybridized carbons (Fsp3) is 0.125. The van der Waals surface area contributed by atoms with Gasteiger partial charge in [-0.15, -0.1) is 0 Å². The Bertz CT molecular complexity index is 855. The standard InChI is InChI=1S/C16H13Cl2N3O4/c1-9-6-10(2-5-14(9)21(24)25)16(23)19-8-15(22)20-13-7-11(17)3-4-12(13)18/h2-7H,8H2,1H3,(H,19,23)(H,20,22). The summed E-state index contributed by atoms with van der Waals surface area (Å²) >= 11 is 11.8. The first kappa shape index (κ1) is 18.7. The third-order valence-electron chi connectivity index (χ3n) is 3.27. The molecule has 130 valence electrons. The van der Waals surface area contributed by atoms with Crippen LogP contribution in [0.2, 0.25) is 10.0 Å². The number of benzene rings is 2. The molecular formula is C16H13Cl2N3O4.